The lowest BCUT2D eigenvalue weighted by molar-refractivity contribution is -0.124. The fourth-order valence-electron chi connectivity index (χ4n) is 1.04. The number of hydrogen-bond donors (Lipinski definition) is 0. The molecule has 82 valence electrons. The number of rotatable bonds is 3. The van der Waals surface area contributed by atoms with E-state index in [1.54, 1.807) is 24.3 Å². The molecule has 0 aliphatic rings. The molecule has 1 aromatic carbocycles. The summed E-state index contributed by atoms with van der Waals surface area (Å²) in [5.41, 5.74) is 0.722. The van der Waals surface area contributed by atoms with Crippen molar-refractivity contribution in [2.24, 2.45) is 0 Å². The SMILES string of the molecule is COc1ccc(/C=C/CC(F)(F)F)cc1. The number of alkyl halides is 3. The van der Waals surface area contributed by atoms with Gasteiger partial charge in [0.15, 0.2) is 0 Å². The normalized spacial score (nSPS) is 12.0. The Kier molecular flexibility index (Phi) is 3.77. The molecule has 0 spiro atoms. The van der Waals surface area contributed by atoms with Crippen LogP contribution in [0.3, 0.4) is 0 Å². The minimum Gasteiger partial charge on any atom is -0.497 e. The van der Waals surface area contributed by atoms with Crippen LogP contribution in [0.2, 0.25) is 0 Å². The predicted octanol–water partition coefficient (Wildman–Crippen LogP) is 3.66. The van der Waals surface area contributed by atoms with Gasteiger partial charge < -0.3 is 4.74 Å². The van der Waals surface area contributed by atoms with Gasteiger partial charge in [0.1, 0.15) is 5.75 Å². The van der Waals surface area contributed by atoms with Crippen LogP contribution in [0.1, 0.15) is 12.0 Å². The van der Waals surface area contributed by atoms with Crippen LogP contribution >= 0.6 is 0 Å². The molecular weight excluding hydrogens is 205 g/mol. The summed E-state index contributed by atoms with van der Waals surface area (Å²) >= 11 is 0. The van der Waals surface area contributed by atoms with Crippen LogP contribution in [0.5, 0.6) is 5.75 Å². The summed E-state index contributed by atoms with van der Waals surface area (Å²) in [4.78, 5) is 0. The topological polar surface area (TPSA) is 9.23 Å². The van der Waals surface area contributed by atoms with Gasteiger partial charge in [0.05, 0.1) is 13.5 Å². The minimum absolute atomic E-state index is 0.683. The Bertz CT molecular complexity index is 325. The number of allylic oxidation sites excluding steroid dienone is 1. The first-order chi connectivity index (χ1) is 7.01. The van der Waals surface area contributed by atoms with Crippen molar-refractivity contribution in [1.82, 2.24) is 0 Å². The van der Waals surface area contributed by atoms with Gasteiger partial charge in [0.25, 0.3) is 0 Å². The van der Waals surface area contributed by atoms with Crippen LogP contribution in [0.15, 0.2) is 30.3 Å². The van der Waals surface area contributed by atoms with E-state index in [2.05, 4.69) is 0 Å². The van der Waals surface area contributed by atoms with Crippen LogP contribution in [-0.2, 0) is 0 Å². The third kappa shape index (κ3) is 4.54. The number of benzene rings is 1. The second-order valence-corrected chi connectivity index (χ2v) is 2.99. The zero-order valence-corrected chi connectivity index (χ0v) is 8.21. The van der Waals surface area contributed by atoms with Gasteiger partial charge in [-0.05, 0) is 17.7 Å². The van der Waals surface area contributed by atoms with E-state index >= 15 is 0 Å². The van der Waals surface area contributed by atoms with Crippen LogP contribution in [0.25, 0.3) is 6.08 Å². The van der Waals surface area contributed by atoms with Crippen molar-refractivity contribution in [3.8, 4) is 5.75 Å². The van der Waals surface area contributed by atoms with E-state index in [-0.39, 0.29) is 0 Å². The molecule has 0 heterocycles. The quantitative estimate of drug-likeness (QED) is 0.749. The Labute approximate surface area is 86.2 Å². The maximum Gasteiger partial charge on any atom is 0.392 e. The van der Waals surface area contributed by atoms with Crippen molar-refractivity contribution in [3.63, 3.8) is 0 Å². The minimum atomic E-state index is -4.14. The van der Waals surface area contributed by atoms with Crippen LogP contribution in [0.4, 0.5) is 13.2 Å². The van der Waals surface area contributed by atoms with E-state index < -0.39 is 12.6 Å². The highest BCUT2D eigenvalue weighted by Gasteiger charge is 2.24. The lowest BCUT2D eigenvalue weighted by atomic mass is 10.2. The third-order valence-electron chi connectivity index (χ3n) is 1.78. The van der Waals surface area contributed by atoms with Gasteiger partial charge in [-0.25, -0.2) is 0 Å². The summed E-state index contributed by atoms with van der Waals surface area (Å²) in [6.45, 7) is 0. The monoisotopic (exact) mass is 216 g/mol. The van der Waals surface area contributed by atoms with Crippen molar-refractivity contribution in [2.45, 2.75) is 12.6 Å². The summed E-state index contributed by atoms with van der Waals surface area (Å²) in [5.74, 6) is 0.683. The summed E-state index contributed by atoms with van der Waals surface area (Å²) in [6, 6.07) is 6.80. The molecule has 0 saturated heterocycles. The number of halogens is 3. The number of methoxy groups -OCH3 is 1. The van der Waals surface area contributed by atoms with Gasteiger partial charge in [0.2, 0.25) is 0 Å². The average Bonchev–Trinajstić information content (AvgIpc) is 2.17. The highest BCUT2D eigenvalue weighted by molar-refractivity contribution is 5.50. The molecular formula is C11H11F3O. The highest BCUT2D eigenvalue weighted by Crippen LogP contribution is 2.20. The molecule has 0 aliphatic carbocycles. The van der Waals surface area contributed by atoms with E-state index in [1.165, 1.54) is 13.2 Å². The maximum absolute atomic E-state index is 11.8. The van der Waals surface area contributed by atoms with Crippen molar-refractivity contribution in [3.05, 3.63) is 35.9 Å². The smallest absolute Gasteiger partial charge is 0.392 e. The van der Waals surface area contributed by atoms with Gasteiger partial charge in [-0.15, -0.1) is 0 Å². The molecule has 0 amide bonds. The van der Waals surface area contributed by atoms with Crippen LogP contribution in [-0.4, -0.2) is 13.3 Å². The van der Waals surface area contributed by atoms with Gasteiger partial charge in [0, 0.05) is 0 Å². The Morgan fingerprint density at radius 2 is 1.80 bits per heavy atom. The predicted molar refractivity (Wildman–Crippen MR) is 52.7 cm³/mol. The molecule has 0 radical (unpaired) electrons. The first-order valence-corrected chi connectivity index (χ1v) is 4.38. The van der Waals surface area contributed by atoms with Crippen molar-refractivity contribution in [2.75, 3.05) is 7.11 Å². The molecule has 0 fully saturated rings. The zero-order chi connectivity index (χ0) is 11.3. The zero-order valence-electron chi connectivity index (χ0n) is 8.21. The van der Waals surface area contributed by atoms with E-state index in [0.717, 1.165) is 11.6 Å². The molecule has 0 N–H and O–H groups in total. The van der Waals surface area contributed by atoms with Gasteiger partial charge >= 0.3 is 6.18 Å². The molecule has 0 atom stereocenters. The molecule has 0 unspecified atom stereocenters. The molecule has 0 aliphatic heterocycles. The van der Waals surface area contributed by atoms with E-state index in [1.807, 2.05) is 0 Å². The first kappa shape index (κ1) is 11.6. The van der Waals surface area contributed by atoms with Gasteiger partial charge in [-0.2, -0.15) is 13.2 Å². The molecule has 1 aromatic rings. The van der Waals surface area contributed by atoms with E-state index in [0.29, 0.717) is 5.75 Å². The maximum atomic E-state index is 11.8. The summed E-state index contributed by atoms with van der Waals surface area (Å²) in [5, 5.41) is 0. The Morgan fingerprint density at radius 1 is 1.20 bits per heavy atom. The van der Waals surface area contributed by atoms with Gasteiger partial charge in [-0.1, -0.05) is 24.3 Å². The molecule has 1 rings (SSSR count). The average molecular weight is 216 g/mol. The Morgan fingerprint density at radius 3 is 2.27 bits per heavy atom. The Hall–Kier alpha value is -1.45. The van der Waals surface area contributed by atoms with Crippen molar-refractivity contribution >= 4 is 6.08 Å². The van der Waals surface area contributed by atoms with Gasteiger partial charge in [-0.3, -0.25) is 0 Å². The second-order valence-electron chi connectivity index (χ2n) is 2.99. The molecule has 1 nitrogen and oxygen atoms in total. The number of ether oxygens (including phenoxy) is 1. The fourth-order valence-corrected chi connectivity index (χ4v) is 1.04. The lowest BCUT2D eigenvalue weighted by Crippen LogP contribution is -2.03. The lowest BCUT2D eigenvalue weighted by Gasteiger charge is -2.01. The van der Waals surface area contributed by atoms with E-state index in [4.69, 9.17) is 4.74 Å². The molecule has 15 heavy (non-hydrogen) atoms. The molecule has 0 saturated carbocycles. The molecule has 0 bridgehead atoms. The van der Waals surface area contributed by atoms with Crippen molar-refractivity contribution in [1.29, 1.82) is 0 Å². The first-order valence-electron chi connectivity index (χ1n) is 4.38. The fraction of sp³-hybridized carbons (Fsp3) is 0.273. The summed E-state index contributed by atoms with van der Waals surface area (Å²) < 4.78 is 40.3. The summed E-state index contributed by atoms with van der Waals surface area (Å²) in [6.07, 6.45) is -2.50. The summed E-state index contributed by atoms with van der Waals surface area (Å²) in [7, 11) is 1.54. The van der Waals surface area contributed by atoms with Crippen LogP contribution in [0, 0.1) is 0 Å². The number of hydrogen-bond acceptors (Lipinski definition) is 1. The van der Waals surface area contributed by atoms with E-state index in [9.17, 15) is 13.2 Å². The van der Waals surface area contributed by atoms with Crippen molar-refractivity contribution < 1.29 is 17.9 Å². The Balaban J connectivity index is 2.57. The molecule has 4 heteroatoms. The standard InChI is InChI=1S/C11H11F3O/c1-15-10-6-4-9(5-7-10)3-2-8-11(12,13)14/h2-7H,8H2,1H3/b3-2+. The largest absolute Gasteiger partial charge is 0.497 e. The second kappa shape index (κ2) is 4.87. The highest BCUT2D eigenvalue weighted by atomic mass is 19.4. The molecule has 0 aromatic heterocycles. The van der Waals surface area contributed by atoms with Crippen LogP contribution < -0.4 is 4.74 Å². The third-order valence-corrected chi connectivity index (χ3v) is 1.78.